The molecule has 2 heterocycles. The summed E-state index contributed by atoms with van der Waals surface area (Å²) in [5, 5.41) is 10.1. The molecule has 0 unspecified atom stereocenters. The van der Waals surface area contributed by atoms with E-state index >= 15 is 0 Å². The van der Waals surface area contributed by atoms with Gasteiger partial charge in [-0.15, -0.1) is 0 Å². The number of nitrogens with zero attached hydrogens (tertiary/aromatic N) is 2. The van der Waals surface area contributed by atoms with Crippen LogP contribution >= 0.6 is 0 Å². The van der Waals surface area contributed by atoms with E-state index in [-0.39, 0.29) is 23.5 Å². The fourth-order valence-corrected chi connectivity index (χ4v) is 6.46. The van der Waals surface area contributed by atoms with Crippen LogP contribution in [-0.2, 0) is 10.0 Å². The molecule has 0 bridgehead atoms. The topological polar surface area (TPSA) is 60.9 Å². The number of sulfonamides is 1. The Morgan fingerprint density at radius 3 is 2.61 bits per heavy atom. The van der Waals surface area contributed by atoms with E-state index in [1.807, 2.05) is 30.1 Å². The van der Waals surface area contributed by atoms with Gasteiger partial charge >= 0.3 is 0 Å². The van der Waals surface area contributed by atoms with Gasteiger partial charge in [-0.05, 0) is 60.9 Å². The first-order chi connectivity index (χ1) is 14.9. The molecule has 164 valence electrons. The third kappa shape index (κ3) is 3.84. The van der Waals surface area contributed by atoms with Crippen LogP contribution in [0.25, 0.3) is 0 Å². The summed E-state index contributed by atoms with van der Waals surface area (Å²) in [4.78, 5) is 2.13. The Morgan fingerprint density at radius 1 is 1.19 bits per heavy atom. The Kier molecular flexibility index (Phi) is 6.07. The predicted molar refractivity (Wildman–Crippen MR) is 119 cm³/mol. The molecule has 31 heavy (non-hydrogen) atoms. The van der Waals surface area contributed by atoms with E-state index in [0.29, 0.717) is 13.0 Å². The van der Waals surface area contributed by atoms with E-state index in [2.05, 4.69) is 18.8 Å². The molecule has 3 atom stereocenters. The first-order valence-corrected chi connectivity index (χ1v) is 12.1. The molecule has 4 rings (SSSR count). The van der Waals surface area contributed by atoms with Crippen LogP contribution in [0.3, 0.4) is 0 Å². The highest BCUT2D eigenvalue weighted by atomic mass is 32.2. The zero-order valence-electron chi connectivity index (χ0n) is 17.8. The standard InChI is InChI=1S/C24H27FN2O3S/c1-3-4-5-6-17-7-12-22-21(15-17)24-20(23(16-28)26(22)2)13-14-27(24)31(29,30)19-10-8-18(25)9-11-19/h7-12,15,20,23-24,28H,3-4,13-14,16H2,1-2H3/t20-,23+,24-/m0/s1. The third-order valence-electron chi connectivity index (χ3n) is 6.33. The molecule has 0 spiro atoms. The summed E-state index contributed by atoms with van der Waals surface area (Å²) >= 11 is 0. The Hall–Kier alpha value is -2.40. The van der Waals surface area contributed by atoms with Crippen molar-refractivity contribution >= 4 is 15.7 Å². The maximum absolute atomic E-state index is 13.5. The van der Waals surface area contributed by atoms with Crippen LogP contribution in [0.4, 0.5) is 10.1 Å². The maximum Gasteiger partial charge on any atom is 0.243 e. The number of unbranched alkanes of at least 4 members (excludes halogenated alkanes) is 1. The van der Waals surface area contributed by atoms with E-state index in [0.717, 1.165) is 29.7 Å². The second-order valence-corrected chi connectivity index (χ2v) is 10.0. The average molecular weight is 443 g/mol. The number of anilines is 1. The van der Waals surface area contributed by atoms with Crippen molar-refractivity contribution in [3.05, 3.63) is 59.4 Å². The summed E-state index contributed by atoms with van der Waals surface area (Å²) in [5.74, 6) is 5.81. The fourth-order valence-electron chi connectivity index (χ4n) is 4.79. The van der Waals surface area contributed by atoms with E-state index in [1.165, 1.54) is 28.6 Å². The summed E-state index contributed by atoms with van der Waals surface area (Å²) < 4.78 is 41.9. The van der Waals surface area contributed by atoms with Crippen LogP contribution in [0.2, 0.25) is 0 Å². The van der Waals surface area contributed by atoms with Gasteiger partial charge in [0.05, 0.1) is 23.6 Å². The van der Waals surface area contributed by atoms with Crippen LogP contribution in [0.5, 0.6) is 0 Å². The highest BCUT2D eigenvalue weighted by Crippen LogP contribution is 2.50. The van der Waals surface area contributed by atoms with Crippen molar-refractivity contribution in [1.29, 1.82) is 0 Å². The van der Waals surface area contributed by atoms with Crippen molar-refractivity contribution in [2.24, 2.45) is 5.92 Å². The summed E-state index contributed by atoms with van der Waals surface area (Å²) in [6.45, 7) is 2.37. The highest BCUT2D eigenvalue weighted by Gasteiger charge is 2.50. The molecule has 0 aromatic heterocycles. The Morgan fingerprint density at radius 2 is 1.94 bits per heavy atom. The van der Waals surface area contributed by atoms with Crippen molar-refractivity contribution < 1.29 is 17.9 Å². The summed E-state index contributed by atoms with van der Waals surface area (Å²) in [7, 11) is -1.88. The van der Waals surface area contributed by atoms with Gasteiger partial charge in [-0.25, -0.2) is 12.8 Å². The third-order valence-corrected chi connectivity index (χ3v) is 8.23. The number of likely N-dealkylation sites (N-methyl/N-ethyl adjacent to an activating group) is 1. The molecule has 1 saturated heterocycles. The Bertz CT molecular complexity index is 1120. The summed E-state index contributed by atoms with van der Waals surface area (Å²) in [5.41, 5.74) is 2.67. The van der Waals surface area contributed by atoms with Gasteiger partial charge < -0.3 is 10.0 Å². The molecule has 0 aliphatic carbocycles. The second kappa shape index (κ2) is 8.62. The number of aliphatic hydroxyl groups excluding tert-OH is 1. The van der Waals surface area contributed by atoms with Gasteiger partial charge in [0.25, 0.3) is 0 Å². The van der Waals surface area contributed by atoms with Crippen molar-refractivity contribution in [2.45, 2.75) is 43.2 Å². The van der Waals surface area contributed by atoms with Gasteiger partial charge in [-0.3, -0.25) is 0 Å². The minimum Gasteiger partial charge on any atom is -0.394 e. The summed E-state index contributed by atoms with van der Waals surface area (Å²) in [6, 6.07) is 10.3. The van der Waals surface area contributed by atoms with Gasteiger partial charge in [0.2, 0.25) is 10.0 Å². The molecule has 2 aromatic carbocycles. The maximum atomic E-state index is 13.5. The molecular weight excluding hydrogens is 415 g/mol. The van der Waals surface area contributed by atoms with Crippen molar-refractivity contribution in [1.82, 2.24) is 4.31 Å². The van der Waals surface area contributed by atoms with Crippen LogP contribution in [0.1, 0.15) is 43.4 Å². The Balaban J connectivity index is 1.81. The molecule has 2 aliphatic rings. The van der Waals surface area contributed by atoms with Gasteiger partial charge in [0.1, 0.15) is 5.82 Å². The molecule has 7 heteroatoms. The molecule has 0 radical (unpaired) electrons. The highest BCUT2D eigenvalue weighted by molar-refractivity contribution is 7.89. The minimum absolute atomic E-state index is 0.0448. The lowest BCUT2D eigenvalue weighted by atomic mass is 9.82. The number of hydrogen-bond acceptors (Lipinski definition) is 4. The lowest BCUT2D eigenvalue weighted by Gasteiger charge is -2.44. The molecule has 5 nitrogen and oxygen atoms in total. The predicted octanol–water partition coefficient (Wildman–Crippen LogP) is 3.54. The number of aliphatic hydroxyl groups is 1. The van der Waals surface area contributed by atoms with E-state index < -0.39 is 21.9 Å². The SMILES string of the molecule is CCCC#Cc1ccc2c(c1)[C@@H]1[C@@H](CCN1S(=O)(=O)c1ccc(F)cc1)[C@@H](CO)N2C. The monoisotopic (exact) mass is 442 g/mol. The van der Waals surface area contributed by atoms with Crippen LogP contribution in [0, 0.1) is 23.6 Å². The zero-order chi connectivity index (χ0) is 22.2. The smallest absolute Gasteiger partial charge is 0.243 e. The molecule has 2 aliphatic heterocycles. The van der Waals surface area contributed by atoms with Gasteiger partial charge in [0, 0.05) is 37.2 Å². The minimum atomic E-state index is -3.82. The quantitative estimate of drug-likeness (QED) is 0.736. The first kappa shape index (κ1) is 21.8. The molecule has 0 amide bonds. The van der Waals surface area contributed by atoms with E-state index in [1.54, 1.807) is 0 Å². The molecule has 1 N–H and O–H groups in total. The number of halogens is 1. The largest absolute Gasteiger partial charge is 0.394 e. The Labute approximate surface area is 183 Å². The van der Waals surface area contributed by atoms with Crippen LogP contribution in [0.15, 0.2) is 47.4 Å². The van der Waals surface area contributed by atoms with E-state index in [9.17, 15) is 17.9 Å². The fraction of sp³-hybridized carbons (Fsp3) is 0.417. The summed E-state index contributed by atoms with van der Waals surface area (Å²) in [6.07, 6.45) is 2.43. The number of hydrogen-bond donors (Lipinski definition) is 1. The second-order valence-electron chi connectivity index (χ2n) is 8.15. The number of fused-ring (bicyclic) bond motifs is 3. The van der Waals surface area contributed by atoms with E-state index in [4.69, 9.17) is 0 Å². The number of benzene rings is 2. The van der Waals surface area contributed by atoms with Crippen molar-refractivity contribution in [3.63, 3.8) is 0 Å². The molecule has 2 aromatic rings. The lowest BCUT2D eigenvalue weighted by molar-refractivity contribution is 0.193. The normalized spacial score (nSPS) is 23.1. The van der Waals surface area contributed by atoms with Gasteiger partial charge in [0.15, 0.2) is 0 Å². The first-order valence-electron chi connectivity index (χ1n) is 10.6. The molecule has 1 fully saturated rings. The van der Waals surface area contributed by atoms with Crippen LogP contribution < -0.4 is 4.90 Å². The van der Waals surface area contributed by atoms with Crippen molar-refractivity contribution in [2.75, 3.05) is 25.1 Å². The van der Waals surface area contributed by atoms with Gasteiger partial charge in [-0.2, -0.15) is 4.31 Å². The van der Waals surface area contributed by atoms with Crippen LogP contribution in [-0.4, -0.2) is 44.1 Å². The number of rotatable bonds is 4. The van der Waals surface area contributed by atoms with Gasteiger partial charge in [-0.1, -0.05) is 18.8 Å². The average Bonchev–Trinajstić information content (AvgIpc) is 3.20. The molecule has 0 saturated carbocycles. The van der Waals surface area contributed by atoms with Crippen molar-refractivity contribution in [3.8, 4) is 11.8 Å². The molecular formula is C24H27FN2O3S. The lowest BCUT2D eigenvalue weighted by Crippen LogP contribution is -2.48. The zero-order valence-corrected chi connectivity index (χ0v) is 18.6.